The SMILES string of the molecule is Cc1nc(N)sc1SCc1cc(F)ccc1Br. The normalized spacial score (nSPS) is 10.8. The lowest BCUT2D eigenvalue weighted by Gasteiger charge is -2.03. The number of halogens is 2. The van der Waals surface area contributed by atoms with Crippen LogP contribution in [-0.4, -0.2) is 4.98 Å². The fourth-order valence-corrected chi connectivity index (χ4v) is 3.92. The summed E-state index contributed by atoms with van der Waals surface area (Å²) in [5, 5.41) is 0.573. The van der Waals surface area contributed by atoms with Crippen LogP contribution in [0.5, 0.6) is 0 Å². The number of rotatable bonds is 3. The van der Waals surface area contributed by atoms with Crippen molar-refractivity contribution in [3.05, 3.63) is 39.7 Å². The number of aromatic nitrogens is 1. The molecule has 0 saturated heterocycles. The Hall–Kier alpha value is -0.590. The second kappa shape index (κ2) is 5.37. The van der Waals surface area contributed by atoms with Gasteiger partial charge >= 0.3 is 0 Å². The number of nitrogens with zero attached hydrogens (tertiary/aromatic N) is 1. The van der Waals surface area contributed by atoms with E-state index in [1.165, 1.54) is 23.5 Å². The van der Waals surface area contributed by atoms with Gasteiger partial charge in [0.1, 0.15) is 5.82 Å². The predicted octanol–water partition coefficient (Wildman–Crippen LogP) is 4.23. The van der Waals surface area contributed by atoms with Crippen molar-refractivity contribution in [3.63, 3.8) is 0 Å². The van der Waals surface area contributed by atoms with Crippen molar-refractivity contribution < 1.29 is 4.39 Å². The molecule has 0 fully saturated rings. The monoisotopic (exact) mass is 332 g/mol. The van der Waals surface area contributed by atoms with E-state index in [0.29, 0.717) is 10.9 Å². The molecular weight excluding hydrogens is 323 g/mol. The van der Waals surface area contributed by atoms with E-state index in [1.54, 1.807) is 17.8 Å². The molecule has 1 aromatic carbocycles. The fraction of sp³-hybridized carbons (Fsp3) is 0.182. The second-order valence-electron chi connectivity index (χ2n) is 3.45. The van der Waals surface area contributed by atoms with Gasteiger partial charge in [0.05, 0.1) is 9.90 Å². The van der Waals surface area contributed by atoms with Crippen LogP contribution in [0.15, 0.2) is 26.9 Å². The van der Waals surface area contributed by atoms with Crippen molar-refractivity contribution in [1.29, 1.82) is 0 Å². The van der Waals surface area contributed by atoms with E-state index in [4.69, 9.17) is 5.73 Å². The average Bonchev–Trinajstić information content (AvgIpc) is 2.59. The van der Waals surface area contributed by atoms with Crippen LogP contribution in [-0.2, 0) is 5.75 Å². The molecule has 0 aliphatic heterocycles. The molecule has 0 bridgehead atoms. The van der Waals surface area contributed by atoms with Crippen LogP contribution in [0, 0.1) is 12.7 Å². The summed E-state index contributed by atoms with van der Waals surface area (Å²) in [6.45, 7) is 1.93. The van der Waals surface area contributed by atoms with Crippen LogP contribution < -0.4 is 5.73 Å². The Morgan fingerprint density at radius 2 is 2.29 bits per heavy atom. The summed E-state index contributed by atoms with van der Waals surface area (Å²) in [7, 11) is 0. The maximum atomic E-state index is 13.1. The first-order valence-electron chi connectivity index (χ1n) is 4.86. The summed E-state index contributed by atoms with van der Waals surface area (Å²) in [6.07, 6.45) is 0. The summed E-state index contributed by atoms with van der Waals surface area (Å²) in [6, 6.07) is 4.70. The number of nitrogen functional groups attached to an aromatic ring is 1. The minimum atomic E-state index is -0.218. The molecule has 0 unspecified atom stereocenters. The molecule has 2 rings (SSSR count). The highest BCUT2D eigenvalue weighted by Crippen LogP contribution is 2.34. The van der Waals surface area contributed by atoms with Gasteiger partial charge < -0.3 is 5.73 Å². The van der Waals surface area contributed by atoms with Crippen molar-refractivity contribution in [2.45, 2.75) is 16.9 Å². The van der Waals surface area contributed by atoms with Gasteiger partial charge in [0.2, 0.25) is 0 Å². The molecule has 0 radical (unpaired) electrons. The van der Waals surface area contributed by atoms with Gasteiger partial charge in [-0.3, -0.25) is 0 Å². The first kappa shape index (κ1) is 12.9. The lowest BCUT2D eigenvalue weighted by atomic mass is 10.2. The standard InChI is InChI=1S/C11H10BrFN2S2/c1-6-10(17-11(14)15-6)16-5-7-4-8(13)2-3-9(7)12/h2-4H,5H2,1H3,(H2,14,15). The number of benzene rings is 1. The number of aryl methyl sites for hydroxylation is 1. The molecule has 0 aliphatic carbocycles. The topological polar surface area (TPSA) is 38.9 Å². The van der Waals surface area contributed by atoms with Crippen molar-refractivity contribution in [1.82, 2.24) is 4.98 Å². The van der Waals surface area contributed by atoms with Crippen molar-refractivity contribution in [3.8, 4) is 0 Å². The van der Waals surface area contributed by atoms with Gasteiger partial charge in [-0.2, -0.15) is 0 Å². The second-order valence-corrected chi connectivity index (χ2v) is 6.58. The molecule has 0 atom stereocenters. The number of hydrogen-bond acceptors (Lipinski definition) is 4. The van der Waals surface area contributed by atoms with E-state index in [9.17, 15) is 4.39 Å². The number of anilines is 1. The zero-order chi connectivity index (χ0) is 12.4. The van der Waals surface area contributed by atoms with E-state index >= 15 is 0 Å². The molecule has 0 amide bonds. The maximum absolute atomic E-state index is 13.1. The lowest BCUT2D eigenvalue weighted by molar-refractivity contribution is 0.626. The molecule has 1 heterocycles. The fourth-order valence-electron chi connectivity index (χ4n) is 1.33. The van der Waals surface area contributed by atoms with Crippen LogP contribution >= 0.6 is 39.0 Å². The average molecular weight is 333 g/mol. The number of hydrogen-bond donors (Lipinski definition) is 1. The van der Waals surface area contributed by atoms with Crippen molar-refractivity contribution in [2.75, 3.05) is 5.73 Å². The van der Waals surface area contributed by atoms with Crippen molar-refractivity contribution in [2.24, 2.45) is 0 Å². The Balaban J connectivity index is 2.12. The molecule has 2 aromatic rings. The number of nitrogens with two attached hydrogens (primary N) is 1. The number of thiazole rings is 1. The van der Waals surface area contributed by atoms with Gasteiger partial charge in [-0.05, 0) is 30.7 Å². The zero-order valence-corrected chi connectivity index (χ0v) is 12.3. The number of thioether (sulfide) groups is 1. The predicted molar refractivity (Wildman–Crippen MR) is 74.9 cm³/mol. The minimum absolute atomic E-state index is 0.218. The van der Waals surface area contributed by atoms with Gasteiger partial charge in [0.25, 0.3) is 0 Å². The summed E-state index contributed by atoms with van der Waals surface area (Å²) >= 11 is 6.50. The minimum Gasteiger partial charge on any atom is -0.375 e. The molecule has 2 nitrogen and oxygen atoms in total. The van der Waals surface area contributed by atoms with Crippen LogP contribution in [0.25, 0.3) is 0 Å². The summed E-state index contributed by atoms with van der Waals surface area (Å²) in [5.41, 5.74) is 7.49. The van der Waals surface area contributed by atoms with E-state index in [-0.39, 0.29) is 5.82 Å². The summed E-state index contributed by atoms with van der Waals surface area (Å²) in [4.78, 5) is 4.15. The molecular formula is C11H10BrFN2S2. The highest BCUT2D eigenvalue weighted by Gasteiger charge is 2.08. The third-order valence-electron chi connectivity index (χ3n) is 2.14. The van der Waals surface area contributed by atoms with E-state index in [2.05, 4.69) is 20.9 Å². The summed E-state index contributed by atoms with van der Waals surface area (Å²) < 4.78 is 15.1. The Kier molecular flexibility index (Phi) is 4.06. The molecule has 0 spiro atoms. The van der Waals surface area contributed by atoms with Gasteiger partial charge in [-0.25, -0.2) is 9.37 Å². The van der Waals surface area contributed by atoms with Gasteiger partial charge in [-0.1, -0.05) is 27.3 Å². The molecule has 17 heavy (non-hydrogen) atoms. The van der Waals surface area contributed by atoms with E-state index in [0.717, 1.165) is 19.9 Å². The molecule has 2 N–H and O–H groups in total. The van der Waals surface area contributed by atoms with Crippen molar-refractivity contribution >= 4 is 44.2 Å². The first-order chi connectivity index (χ1) is 8.06. The van der Waals surface area contributed by atoms with Gasteiger partial charge in [-0.15, -0.1) is 11.8 Å². The third-order valence-corrected chi connectivity index (χ3v) is 5.31. The Morgan fingerprint density at radius 1 is 1.53 bits per heavy atom. The Bertz CT molecular complexity index is 542. The first-order valence-corrected chi connectivity index (χ1v) is 7.45. The lowest BCUT2D eigenvalue weighted by Crippen LogP contribution is -1.85. The Labute approximate surface area is 116 Å². The quantitative estimate of drug-likeness (QED) is 0.855. The van der Waals surface area contributed by atoms with Crippen LogP contribution in [0.4, 0.5) is 9.52 Å². The van der Waals surface area contributed by atoms with Gasteiger partial charge in [0, 0.05) is 10.2 Å². The highest BCUT2D eigenvalue weighted by molar-refractivity contribution is 9.10. The molecule has 6 heteroatoms. The van der Waals surface area contributed by atoms with Crippen LogP contribution in [0.1, 0.15) is 11.3 Å². The third kappa shape index (κ3) is 3.20. The Morgan fingerprint density at radius 3 is 2.94 bits per heavy atom. The zero-order valence-electron chi connectivity index (χ0n) is 9.04. The van der Waals surface area contributed by atoms with E-state index in [1.807, 2.05) is 6.92 Å². The van der Waals surface area contributed by atoms with Gasteiger partial charge in [0.15, 0.2) is 5.13 Å². The molecule has 1 aromatic heterocycles. The smallest absolute Gasteiger partial charge is 0.181 e. The molecule has 0 saturated carbocycles. The van der Waals surface area contributed by atoms with Crippen LogP contribution in [0.3, 0.4) is 0 Å². The maximum Gasteiger partial charge on any atom is 0.181 e. The van der Waals surface area contributed by atoms with E-state index < -0.39 is 0 Å². The van der Waals surface area contributed by atoms with Crippen LogP contribution in [0.2, 0.25) is 0 Å². The largest absolute Gasteiger partial charge is 0.375 e. The molecule has 0 aliphatic rings. The highest BCUT2D eigenvalue weighted by atomic mass is 79.9. The summed E-state index contributed by atoms with van der Waals surface area (Å²) in [5.74, 6) is 0.477. The molecule has 90 valence electrons.